The van der Waals surface area contributed by atoms with Crippen LogP contribution in [-0.4, -0.2) is 24.8 Å². The van der Waals surface area contributed by atoms with Crippen LogP contribution in [0.25, 0.3) is 0 Å². The Kier molecular flexibility index (Phi) is 1.04. The van der Waals surface area contributed by atoms with Crippen molar-refractivity contribution in [2.45, 2.75) is 5.92 Å². The third-order valence-corrected chi connectivity index (χ3v) is 1.04. The molecular weight excluding hydrogens is 116 g/mol. The molecule has 4 heteroatoms. The maximum absolute atomic E-state index is 11.9. The second-order valence-corrected chi connectivity index (χ2v) is 1.73. The highest BCUT2D eigenvalue weighted by Gasteiger charge is 2.42. The first-order valence-electron chi connectivity index (χ1n) is 2.25. The summed E-state index contributed by atoms with van der Waals surface area (Å²) in [5, 5.41) is 2.26. The number of hydrogen-bond donors (Lipinski definition) is 1. The molecule has 0 saturated carbocycles. The highest BCUT2D eigenvalue weighted by molar-refractivity contribution is 5.89. The van der Waals surface area contributed by atoms with Gasteiger partial charge in [0.1, 0.15) is 0 Å². The van der Waals surface area contributed by atoms with E-state index in [2.05, 4.69) is 5.32 Å². The number of Topliss-reactive ketones (excluding diaryl/α,β-unsaturated/α-hetero) is 1. The minimum absolute atomic E-state index is 0.188. The van der Waals surface area contributed by atoms with Crippen LogP contribution in [0.3, 0.4) is 0 Å². The third kappa shape index (κ3) is 0.709. The van der Waals surface area contributed by atoms with Crippen molar-refractivity contribution >= 4 is 5.78 Å². The summed E-state index contributed by atoms with van der Waals surface area (Å²) in [6.45, 7) is -0.682. The quantitative estimate of drug-likeness (QED) is 0.480. The van der Waals surface area contributed by atoms with E-state index in [9.17, 15) is 13.6 Å². The number of rotatable bonds is 0. The van der Waals surface area contributed by atoms with Gasteiger partial charge in [0.25, 0.3) is 0 Å². The normalized spacial score (nSPS) is 26.5. The van der Waals surface area contributed by atoms with Gasteiger partial charge in [-0.1, -0.05) is 0 Å². The van der Waals surface area contributed by atoms with Crippen molar-refractivity contribution in [3.05, 3.63) is 0 Å². The summed E-state index contributed by atoms with van der Waals surface area (Å²) < 4.78 is 23.9. The monoisotopic (exact) mass is 121 g/mol. The minimum atomic E-state index is -3.10. The number of alkyl halides is 2. The zero-order chi connectivity index (χ0) is 6.20. The number of carbonyl (C=O) groups excluding carboxylic acids is 1. The van der Waals surface area contributed by atoms with Gasteiger partial charge in [-0.3, -0.25) is 4.79 Å². The van der Waals surface area contributed by atoms with Crippen LogP contribution in [0.1, 0.15) is 0 Å². The molecular formula is C4H5F2NO. The first kappa shape index (κ1) is 5.62. The van der Waals surface area contributed by atoms with Crippen LogP contribution < -0.4 is 5.32 Å². The molecule has 8 heavy (non-hydrogen) atoms. The molecule has 1 aliphatic rings. The van der Waals surface area contributed by atoms with Crippen molar-refractivity contribution in [2.75, 3.05) is 13.1 Å². The lowest BCUT2D eigenvalue weighted by Gasteiger charge is -2.00. The lowest BCUT2D eigenvalue weighted by Crippen LogP contribution is -2.26. The fourth-order valence-corrected chi connectivity index (χ4v) is 0.561. The average molecular weight is 121 g/mol. The van der Waals surface area contributed by atoms with Crippen LogP contribution in [0.15, 0.2) is 0 Å². The molecule has 0 amide bonds. The number of ketones is 1. The van der Waals surface area contributed by atoms with E-state index in [1.165, 1.54) is 0 Å². The second-order valence-electron chi connectivity index (χ2n) is 1.73. The highest BCUT2D eigenvalue weighted by Crippen LogP contribution is 2.16. The van der Waals surface area contributed by atoms with Gasteiger partial charge >= 0.3 is 5.92 Å². The summed E-state index contributed by atoms with van der Waals surface area (Å²) in [6.07, 6.45) is 0. The molecule has 0 atom stereocenters. The van der Waals surface area contributed by atoms with Crippen LogP contribution in [0.2, 0.25) is 0 Å². The van der Waals surface area contributed by atoms with Crippen molar-refractivity contribution in [1.29, 1.82) is 0 Å². The van der Waals surface area contributed by atoms with Gasteiger partial charge in [-0.2, -0.15) is 8.78 Å². The number of halogens is 2. The molecule has 0 aliphatic carbocycles. The molecule has 1 heterocycles. The van der Waals surface area contributed by atoms with Crippen molar-refractivity contribution in [2.24, 2.45) is 0 Å². The second kappa shape index (κ2) is 1.48. The first-order valence-corrected chi connectivity index (χ1v) is 2.25. The lowest BCUT2D eigenvalue weighted by molar-refractivity contribution is -0.135. The van der Waals surface area contributed by atoms with E-state index in [-0.39, 0.29) is 6.54 Å². The van der Waals surface area contributed by atoms with Gasteiger partial charge in [0.2, 0.25) is 5.78 Å². The fourth-order valence-electron chi connectivity index (χ4n) is 0.561. The molecule has 1 rings (SSSR count). The van der Waals surface area contributed by atoms with Gasteiger partial charge in [0.15, 0.2) is 0 Å². The Hall–Kier alpha value is -0.510. The fraction of sp³-hybridized carbons (Fsp3) is 0.750. The van der Waals surface area contributed by atoms with Gasteiger partial charge in [-0.25, -0.2) is 0 Å². The van der Waals surface area contributed by atoms with E-state index < -0.39 is 18.3 Å². The van der Waals surface area contributed by atoms with Crippen molar-refractivity contribution in [3.63, 3.8) is 0 Å². The van der Waals surface area contributed by atoms with Gasteiger partial charge < -0.3 is 5.32 Å². The van der Waals surface area contributed by atoms with E-state index in [0.29, 0.717) is 0 Å². The summed E-state index contributed by atoms with van der Waals surface area (Å²) in [7, 11) is 0. The number of hydrogen-bond acceptors (Lipinski definition) is 2. The predicted molar refractivity (Wildman–Crippen MR) is 22.8 cm³/mol. The summed E-state index contributed by atoms with van der Waals surface area (Å²) in [5.41, 5.74) is 0. The molecule has 0 unspecified atom stereocenters. The van der Waals surface area contributed by atoms with Gasteiger partial charge in [-0.15, -0.1) is 0 Å². The van der Waals surface area contributed by atoms with E-state index in [1.54, 1.807) is 0 Å². The zero-order valence-corrected chi connectivity index (χ0v) is 4.08. The molecule has 1 fully saturated rings. The Morgan fingerprint density at radius 1 is 1.62 bits per heavy atom. The van der Waals surface area contributed by atoms with Gasteiger partial charge in [-0.05, 0) is 0 Å². The smallest absolute Gasteiger partial charge is 0.304 e. The molecule has 0 aromatic carbocycles. The van der Waals surface area contributed by atoms with Crippen LogP contribution >= 0.6 is 0 Å². The summed E-state index contributed by atoms with van der Waals surface area (Å²) in [5.74, 6) is -4.10. The third-order valence-electron chi connectivity index (χ3n) is 1.04. The van der Waals surface area contributed by atoms with E-state index in [1.807, 2.05) is 0 Å². The van der Waals surface area contributed by atoms with Crippen molar-refractivity contribution in [3.8, 4) is 0 Å². The molecule has 1 aliphatic heterocycles. The standard InChI is InChI=1S/C4H5F2NO/c5-4(6)2-7-1-3(4)8/h7H,1-2H2. The van der Waals surface area contributed by atoms with E-state index >= 15 is 0 Å². The molecule has 46 valence electrons. The largest absolute Gasteiger partial charge is 0.318 e. The molecule has 1 N–H and O–H groups in total. The molecule has 2 nitrogen and oxygen atoms in total. The summed E-state index contributed by atoms with van der Waals surface area (Å²) in [6, 6.07) is 0. The SMILES string of the molecule is O=C1CNCC1(F)F. The minimum Gasteiger partial charge on any atom is -0.304 e. The van der Waals surface area contributed by atoms with E-state index in [0.717, 1.165) is 0 Å². The Morgan fingerprint density at radius 3 is 2.38 bits per heavy atom. The van der Waals surface area contributed by atoms with Crippen LogP contribution in [0.5, 0.6) is 0 Å². The van der Waals surface area contributed by atoms with Crippen LogP contribution in [-0.2, 0) is 4.79 Å². The van der Waals surface area contributed by atoms with Crippen molar-refractivity contribution < 1.29 is 13.6 Å². The molecule has 0 bridgehead atoms. The summed E-state index contributed by atoms with van der Waals surface area (Å²) in [4.78, 5) is 10.1. The average Bonchev–Trinajstić information content (AvgIpc) is 1.86. The van der Waals surface area contributed by atoms with Crippen LogP contribution in [0.4, 0.5) is 8.78 Å². The highest BCUT2D eigenvalue weighted by atomic mass is 19.3. The lowest BCUT2D eigenvalue weighted by atomic mass is 10.3. The molecule has 0 radical (unpaired) electrons. The van der Waals surface area contributed by atoms with Gasteiger partial charge in [0, 0.05) is 0 Å². The molecule has 0 spiro atoms. The van der Waals surface area contributed by atoms with Gasteiger partial charge in [0.05, 0.1) is 13.1 Å². The van der Waals surface area contributed by atoms with Crippen LogP contribution in [0, 0.1) is 0 Å². The Labute approximate surface area is 44.9 Å². The molecule has 1 saturated heterocycles. The molecule has 0 aromatic rings. The Morgan fingerprint density at radius 2 is 2.25 bits per heavy atom. The summed E-state index contributed by atoms with van der Waals surface area (Å²) >= 11 is 0. The number of carbonyl (C=O) groups is 1. The Balaban J connectivity index is 2.68. The van der Waals surface area contributed by atoms with Crippen molar-refractivity contribution in [1.82, 2.24) is 5.32 Å². The number of nitrogens with one attached hydrogen (secondary N) is 1. The topological polar surface area (TPSA) is 29.1 Å². The Bertz CT molecular complexity index is 123. The maximum atomic E-state index is 11.9. The molecule has 0 aromatic heterocycles. The zero-order valence-electron chi connectivity index (χ0n) is 4.08. The van der Waals surface area contributed by atoms with E-state index in [4.69, 9.17) is 0 Å². The predicted octanol–water partition coefficient (Wildman–Crippen LogP) is -0.206. The maximum Gasteiger partial charge on any atom is 0.318 e. The first-order chi connectivity index (χ1) is 3.63.